The lowest BCUT2D eigenvalue weighted by Gasteiger charge is -2.19. The van der Waals surface area contributed by atoms with E-state index in [0.29, 0.717) is 6.42 Å². The van der Waals surface area contributed by atoms with Crippen molar-refractivity contribution in [2.45, 2.75) is 18.9 Å². The standard InChI is InChI=1S/C18H19NO4S/c20-17(12-14-8-11-24(21,22)13-14)23-18(15-4-2-1-3-5-15)16-6-9-19-10-7-16/h1-7,9-10,14,18H,8,11-13H2. The van der Waals surface area contributed by atoms with Crippen LogP contribution in [-0.2, 0) is 19.4 Å². The molecule has 126 valence electrons. The highest BCUT2D eigenvalue weighted by atomic mass is 32.2. The van der Waals surface area contributed by atoms with E-state index in [-0.39, 0.29) is 29.8 Å². The van der Waals surface area contributed by atoms with Crippen LogP contribution in [-0.4, -0.2) is 30.9 Å². The molecule has 1 aromatic heterocycles. The Bertz CT molecular complexity index is 751. The minimum Gasteiger partial charge on any atom is -0.453 e. The Labute approximate surface area is 141 Å². The number of carbonyl (C=O) groups is 1. The normalized spacial score (nSPS) is 20.4. The van der Waals surface area contributed by atoms with Crippen molar-refractivity contribution >= 4 is 15.8 Å². The maximum absolute atomic E-state index is 12.3. The molecule has 2 atom stereocenters. The molecule has 1 fully saturated rings. The molecule has 0 N–H and O–H groups in total. The summed E-state index contributed by atoms with van der Waals surface area (Å²) in [5.74, 6) is -0.274. The van der Waals surface area contributed by atoms with E-state index >= 15 is 0 Å². The average Bonchev–Trinajstić information content (AvgIpc) is 2.93. The summed E-state index contributed by atoms with van der Waals surface area (Å²) in [5.41, 5.74) is 1.71. The van der Waals surface area contributed by atoms with Crippen molar-refractivity contribution in [1.29, 1.82) is 0 Å². The SMILES string of the molecule is O=C(CC1CCS(=O)(=O)C1)OC(c1ccccc1)c1ccncc1. The second-order valence-corrected chi connectivity index (χ2v) is 8.26. The first-order valence-electron chi connectivity index (χ1n) is 7.88. The Morgan fingerprint density at radius 3 is 2.42 bits per heavy atom. The second-order valence-electron chi connectivity index (χ2n) is 6.03. The quantitative estimate of drug-likeness (QED) is 0.779. The zero-order chi connectivity index (χ0) is 17.0. The van der Waals surface area contributed by atoms with Gasteiger partial charge in [0.1, 0.15) is 0 Å². The molecule has 0 saturated carbocycles. The molecule has 0 radical (unpaired) electrons. The van der Waals surface area contributed by atoms with E-state index in [1.807, 2.05) is 42.5 Å². The van der Waals surface area contributed by atoms with Crippen LogP contribution in [0.3, 0.4) is 0 Å². The molecule has 2 unspecified atom stereocenters. The predicted octanol–water partition coefficient (Wildman–Crippen LogP) is 2.54. The van der Waals surface area contributed by atoms with Crippen LogP contribution < -0.4 is 0 Å². The molecule has 2 aromatic rings. The van der Waals surface area contributed by atoms with Gasteiger partial charge in [-0.1, -0.05) is 30.3 Å². The van der Waals surface area contributed by atoms with Gasteiger partial charge in [0.2, 0.25) is 0 Å². The summed E-state index contributed by atoms with van der Waals surface area (Å²) in [5, 5.41) is 0. The van der Waals surface area contributed by atoms with E-state index in [0.717, 1.165) is 11.1 Å². The third-order valence-corrected chi connectivity index (χ3v) is 5.98. The van der Waals surface area contributed by atoms with Crippen LogP contribution in [0.5, 0.6) is 0 Å². The third kappa shape index (κ3) is 4.20. The molecule has 3 rings (SSSR count). The first-order valence-corrected chi connectivity index (χ1v) is 9.70. The molecule has 0 spiro atoms. The molecule has 1 aliphatic heterocycles. The molecule has 0 aliphatic carbocycles. The zero-order valence-corrected chi connectivity index (χ0v) is 14.0. The highest BCUT2D eigenvalue weighted by molar-refractivity contribution is 7.91. The summed E-state index contributed by atoms with van der Waals surface area (Å²) in [6, 6.07) is 13.1. The Hall–Kier alpha value is -2.21. The summed E-state index contributed by atoms with van der Waals surface area (Å²) in [6.45, 7) is 0. The molecule has 1 aromatic carbocycles. The van der Waals surface area contributed by atoms with Gasteiger partial charge < -0.3 is 4.74 Å². The van der Waals surface area contributed by atoms with Crippen LogP contribution in [0.2, 0.25) is 0 Å². The zero-order valence-electron chi connectivity index (χ0n) is 13.2. The predicted molar refractivity (Wildman–Crippen MR) is 90.0 cm³/mol. The lowest BCUT2D eigenvalue weighted by molar-refractivity contribution is -0.148. The van der Waals surface area contributed by atoms with Crippen molar-refractivity contribution in [2.24, 2.45) is 5.92 Å². The average molecular weight is 345 g/mol. The van der Waals surface area contributed by atoms with Crippen molar-refractivity contribution in [3.05, 3.63) is 66.0 Å². The van der Waals surface area contributed by atoms with Crippen molar-refractivity contribution in [2.75, 3.05) is 11.5 Å². The fourth-order valence-electron chi connectivity index (χ4n) is 2.94. The van der Waals surface area contributed by atoms with E-state index in [4.69, 9.17) is 4.74 Å². The van der Waals surface area contributed by atoms with E-state index in [9.17, 15) is 13.2 Å². The second kappa shape index (κ2) is 7.13. The van der Waals surface area contributed by atoms with Crippen molar-refractivity contribution in [1.82, 2.24) is 4.98 Å². The van der Waals surface area contributed by atoms with Gasteiger partial charge in [-0.25, -0.2) is 8.42 Å². The summed E-state index contributed by atoms with van der Waals surface area (Å²) >= 11 is 0. The fraction of sp³-hybridized carbons (Fsp3) is 0.333. The summed E-state index contributed by atoms with van der Waals surface area (Å²) in [7, 11) is -2.99. The van der Waals surface area contributed by atoms with Crippen LogP contribution >= 0.6 is 0 Å². The van der Waals surface area contributed by atoms with Gasteiger partial charge in [-0.05, 0) is 30.0 Å². The molecular weight excluding hydrogens is 326 g/mol. The van der Waals surface area contributed by atoms with Gasteiger partial charge in [0, 0.05) is 24.4 Å². The molecule has 0 amide bonds. The third-order valence-electron chi connectivity index (χ3n) is 4.14. The Balaban J connectivity index is 1.74. The lowest BCUT2D eigenvalue weighted by Crippen LogP contribution is -2.17. The molecule has 2 heterocycles. The maximum Gasteiger partial charge on any atom is 0.307 e. The van der Waals surface area contributed by atoms with Crippen molar-refractivity contribution in [3.63, 3.8) is 0 Å². The topological polar surface area (TPSA) is 73.3 Å². The number of pyridine rings is 1. The van der Waals surface area contributed by atoms with Crippen LogP contribution in [0.4, 0.5) is 0 Å². The Morgan fingerprint density at radius 2 is 1.79 bits per heavy atom. The van der Waals surface area contributed by atoms with E-state index in [2.05, 4.69) is 4.98 Å². The van der Waals surface area contributed by atoms with E-state index in [1.54, 1.807) is 12.4 Å². The summed E-state index contributed by atoms with van der Waals surface area (Å²) < 4.78 is 28.7. The molecular formula is C18H19NO4S. The van der Waals surface area contributed by atoms with Gasteiger partial charge in [0.05, 0.1) is 11.5 Å². The molecule has 24 heavy (non-hydrogen) atoms. The molecule has 0 bridgehead atoms. The van der Waals surface area contributed by atoms with Gasteiger partial charge in [-0.2, -0.15) is 0 Å². The number of hydrogen-bond donors (Lipinski definition) is 0. The maximum atomic E-state index is 12.3. The molecule has 5 nitrogen and oxygen atoms in total. The van der Waals surface area contributed by atoms with Crippen molar-refractivity contribution in [3.8, 4) is 0 Å². The van der Waals surface area contributed by atoms with Crippen LogP contribution in [0.25, 0.3) is 0 Å². The fourth-order valence-corrected chi connectivity index (χ4v) is 4.80. The number of carbonyl (C=O) groups excluding carboxylic acids is 1. The summed E-state index contributed by atoms with van der Waals surface area (Å²) in [4.78, 5) is 16.3. The van der Waals surface area contributed by atoms with E-state index in [1.165, 1.54) is 0 Å². The molecule has 1 aliphatic rings. The monoisotopic (exact) mass is 345 g/mol. The van der Waals surface area contributed by atoms with E-state index < -0.39 is 15.9 Å². The van der Waals surface area contributed by atoms with Gasteiger partial charge in [-0.3, -0.25) is 9.78 Å². The number of ether oxygens (including phenoxy) is 1. The smallest absolute Gasteiger partial charge is 0.307 e. The van der Waals surface area contributed by atoms with Gasteiger partial charge in [-0.15, -0.1) is 0 Å². The minimum absolute atomic E-state index is 0.0767. The van der Waals surface area contributed by atoms with Crippen molar-refractivity contribution < 1.29 is 17.9 Å². The van der Waals surface area contributed by atoms with Gasteiger partial charge in [0.25, 0.3) is 0 Å². The Kier molecular flexibility index (Phi) is 4.94. The highest BCUT2D eigenvalue weighted by Crippen LogP contribution is 2.28. The lowest BCUT2D eigenvalue weighted by atomic mass is 10.0. The highest BCUT2D eigenvalue weighted by Gasteiger charge is 2.30. The first kappa shape index (κ1) is 16.6. The summed E-state index contributed by atoms with van der Waals surface area (Å²) in [6.07, 6.45) is 3.46. The Morgan fingerprint density at radius 1 is 1.12 bits per heavy atom. The van der Waals surface area contributed by atoms with Crippen LogP contribution in [0.1, 0.15) is 30.1 Å². The van der Waals surface area contributed by atoms with Crippen LogP contribution in [0, 0.1) is 5.92 Å². The largest absolute Gasteiger partial charge is 0.453 e. The van der Waals surface area contributed by atoms with Gasteiger partial charge >= 0.3 is 5.97 Å². The van der Waals surface area contributed by atoms with Crippen LogP contribution in [0.15, 0.2) is 54.9 Å². The number of hydrogen-bond acceptors (Lipinski definition) is 5. The number of nitrogens with zero attached hydrogens (tertiary/aromatic N) is 1. The molecule has 1 saturated heterocycles. The number of benzene rings is 1. The molecule has 6 heteroatoms. The number of esters is 1. The first-order chi connectivity index (χ1) is 11.5. The minimum atomic E-state index is -2.99. The number of sulfone groups is 1. The number of rotatable bonds is 5. The number of aromatic nitrogens is 1. The van der Waals surface area contributed by atoms with Gasteiger partial charge in [0.15, 0.2) is 15.9 Å².